The van der Waals surface area contributed by atoms with Gasteiger partial charge < -0.3 is 15.5 Å². The summed E-state index contributed by atoms with van der Waals surface area (Å²) < 4.78 is 7.70. The topological polar surface area (TPSA) is 81.1 Å². The number of ether oxygens (including phenoxy) is 1. The average molecular weight is 472 g/mol. The summed E-state index contributed by atoms with van der Waals surface area (Å²) in [7, 11) is 0. The molecular formula is C26H25N5O2S. The van der Waals surface area contributed by atoms with Gasteiger partial charge in [0, 0.05) is 5.69 Å². The van der Waals surface area contributed by atoms with Gasteiger partial charge in [-0.25, -0.2) is 4.68 Å². The minimum Gasteiger partial charge on any atom is -0.486 e. The maximum absolute atomic E-state index is 13.4. The molecule has 2 heterocycles. The zero-order valence-corrected chi connectivity index (χ0v) is 19.8. The van der Waals surface area contributed by atoms with Crippen LogP contribution in [0.1, 0.15) is 28.6 Å². The van der Waals surface area contributed by atoms with Crippen molar-refractivity contribution in [3.8, 4) is 5.75 Å². The van der Waals surface area contributed by atoms with Gasteiger partial charge >= 0.3 is 0 Å². The number of carbonyl (C=O) groups excluding carboxylic acids is 1. The molecule has 1 aliphatic heterocycles. The monoisotopic (exact) mass is 471 g/mol. The molecule has 7 nitrogen and oxygen atoms in total. The lowest BCUT2D eigenvalue weighted by atomic mass is 10.0. The molecule has 3 aromatic carbocycles. The summed E-state index contributed by atoms with van der Waals surface area (Å²) in [5.74, 6) is 1.31. The number of nitrogens with zero attached hydrogens (tertiary/aromatic N) is 3. The van der Waals surface area contributed by atoms with Gasteiger partial charge in [-0.05, 0) is 54.8 Å². The van der Waals surface area contributed by atoms with Crippen LogP contribution in [0.3, 0.4) is 0 Å². The molecule has 34 heavy (non-hydrogen) atoms. The van der Waals surface area contributed by atoms with E-state index in [4.69, 9.17) is 4.74 Å². The van der Waals surface area contributed by atoms with E-state index in [9.17, 15) is 4.79 Å². The Morgan fingerprint density at radius 3 is 2.47 bits per heavy atom. The lowest BCUT2D eigenvalue weighted by Crippen LogP contribution is -2.41. The predicted molar refractivity (Wildman–Crippen MR) is 134 cm³/mol. The number of hydrogen-bond acceptors (Lipinski definition) is 6. The van der Waals surface area contributed by atoms with Crippen LogP contribution in [0.15, 0.2) is 84.0 Å². The molecule has 0 spiro atoms. The van der Waals surface area contributed by atoms with Crippen LogP contribution in [0.4, 0.5) is 5.69 Å². The quantitative estimate of drug-likeness (QED) is 0.418. The van der Waals surface area contributed by atoms with Crippen LogP contribution in [0, 0.1) is 13.8 Å². The summed E-state index contributed by atoms with van der Waals surface area (Å²) in [5, 5.41) is 11.9. The number of fused-ring (bicyclic) bond motifs is 1. The van der Waals surface area contributed by atoms with E-state index in [2.05, 4.69) is 27.9 Å². The van der Waals surface area contributed by atoms with Crippen molar-refractivity contribution in [2.24, 2.45) is 0 Å². The van der Waals surface area contributed by atoms with Crippen molar-refractivity contribution in [1.82, 2.24) is 14.9 Å². The van der Waals surface area contributed by atoms with E-state index in [-0.39, 0.29) is 18.6 Å². The molecule has 2 N–H and O–H groups in total. The molecule has 0 radical (unpaired) electrons. The third kappa shape index (κ3) is 4.63. The van der Waals surface area contributed by atoms with Crippen molar-refractivity contribution in [2.45, 2.75) is 36.9 Å². The Bertz CT molecular complexity index is 1290. The van der Waals surface area contributed by atoms with Crippen LogP contribution in [0.25, 0.3) is 0 Å². The molecule has 5 rings (SSSR count). The van der Waals surface area contributed by atoms with Crippen molar-refractivity contribution in [1.29, 1.82) is 0 Å². The van der Waals surface area contributed by atoms with Gasteiger partial charge in [0.2, 0.25) is 11.1 Å². The van der Waals surface area contributed by atoms with Crippen molar-refractivity contribution < 1.29 is 9.53 Å². The minimum absolute atomic E-state index is 0.0917. The molecule has 0 unspecified atom stereocenters. The van der Waals surface area contributed by atoms with Crippen LogP contribution < -0.4 is 15.5 Å². The number of benzene rings is 3. The van der Waals surface area contributed by atoms with Crippen LogP contribution in [-0.4, -0.2) is 26.0 Å². The smallest absolute Gasteiger partial charge is 0.240 e. The molecule has 8 heteroatoms. The first-order valence-electron chi connectivity index (χ1n) is 11.1. The number of aromatic nitrogens is 3. The van der Waals surface area contributed by atoms with Crippen LogP contribution in [-0.2, 0) is 11.4 Å². The van der Waals surface area contributed by atoms with E-state index < -0.39 is 5.25 Å². The van der Waals surface area contributed by atoms with Crippen LogP contribution in [0.5, 0.6) is 5.75 Å². The first-order valence-corrected chi connectivity index (χ1v) is 11.9. The normalized spacial score (nSPS) is 16.9. The number of anilines is 1. The molecule has 0 bridgehead atoms. The van der Waals surface area contributed by atoms with Gasteiger partial charge in [-0.3, -0.25) is 4.79 Å². The van der Waals surface area contributed by atoms with E-state index in [1.807, 2.05) is 90.5 Å². The van der Waals surface area contributed by atoms with Crippen molar-refractivity contribution in [3.63, 3.8) is 0 Å². The highest BCUT2D eigenvalue weighted by atomic mass is 32.2. The predicted octanol–water partition coefficient (Wildman–Crippen LogP) is 4.87. The van der Waals surface area contributed by atoms with E-state index in [1.54, 1.807) is 0 Å². The second-order valence-electron chi connectivity index (χ2n) is 8.18. The summed E-state index contributed by atoms with van der Waals surface area (Å²) in [6.45, 7) is 4.35. The molecule has 1 aliphatic rings. The number of amides is 1. The number of thioether (sulfide) groups is 1. The fourth-order valence-corrected chi connectivity index (χ4v) is 4.90. The second kappa shape index (κ2) is 9.61. The van der Waals surface area contributed by atoms with Gasteiger partial charge in [-0.2, -0.15) is 0 Å². The molecular weight excluding hydrogens is 446 g/mol. The Labute approximate surface area is 202 Å². The molecule has 4 aromatic rings. The molecule has 172 valence electrons. The first kappa shape index (κ1) is 22.0. The summed E-state index contributed by atoms with van der Waals surface area (Å²) in [6.07, 6.45) is 0. The molecule has 0 saturated heterocycles. The number of hydrogen-bond donors (Lipinski definition) is 2. The Morgan fingerprint density at radius 1 is 1.00 bits per heavy atom. The Morgan fingerprint density at radius 2 is 1.74 bits per heavy atom. The van der Waals surface area contributed by atoms with Gasteiger partial charge in [0.1, 0.15) is 17.6 Å². The summed E-state index contributed by atoms with van der Waals surface area (Å²) >= 11 is 1.40. The Hall–Kier alpha value is -3.78. The molecule has 0 saturated carbocycles. The number of aryl methyl sites for hydroxylation is 2. The van der Waals surface area contributed by atoms with Crippen LogP contribution >= 0.6 is 11.8 Å². The van der Waals surface area contributed by atoms with Gasteiger partial charge in [0.15, 0.2) is 5.82 Å². The van der Waals surface area contributed by atoms with E-state index in [0.717, 1.165) is 22.6 Å². The summed E-state index contributed by atoms with van der Waals surface area (Å²) in [4.78, 5) is 13.4. The second-order valence-corrected chi connectivity index (χ2v) is 9.29. The Balaban J connectivity index is 1.40. The Kier molecular flexibility index (Phi) is 6.22. The van der Waals surface area contributed by atoms with Crippen molar-refractivity contribution in [2.75, 3.05) is 10.7 Å². The first-order chi connectivity index (χ1) is 16.6. The lowest BCUT2D eigenvalue weighted by Gasteiger charge is -2.33. The maximum atomic E-state index is 13.4. The van der Waals surface area contributed by atoms with Gasteiger partial charge in [0.25, 0.3) is 0 Å². The maximum Gasteiger partial charge on any atom is 0.240 e. The SMILES string of the molecule is Cc1ccc(NC(=O)[C@H]2Sc3nnc(COc4ccccc4)n3N[C@H]2c2ccccc2)cc1C. The zero-order chi connectivity index (χ0) is 23.5. The van der Waals surface area contributed by atoms with Gasteiger partial charge in [-0.15, -0.1) is 10.2 Å². The van der Waals surface area contributed by atoms with E-state index in [1.165, 1.54) is 17.3 Å². The highest BCUT2D eigenvalue weighted by molar-refractivity contribution is 8.00. The molecule has 1 aromatic heterocycles. The highest BCUT2D eigenvalue weighted by Gasteiger charge is 2.38. The standard InChI is InChI=1S/C26H25N5O2S/c1-17-13-14-20(15-18(17)2)27-25(32)24-23(19-9-5-3-6-10-19)30-31-22(28-29-26(31)34-24)16-33-21-11-7-4-8-12-21/h3-15,23-24,30H,16H2,1-2H3,(H,27,32)/t23-,24-/m0/s1. The average Bonchev–Trinajstić information content (AvgIpc) is 3.27. The summed E-state index contributed by atoms with van der Waals surface area (Å²) in [6, 6.07) is 25.2. The fourth-order valence-electron chi connectivity index (χ4n) is 3.80. The number of carbonyl (C=O) groups is 1. The van der Waals surface area contributed by atoms with Crippen molar-refractivity contribution >= 4 is 23.4 Å². The molecule has 0 aliphatic carbocycles. The van der Waals surface area contributed by atoms with E-state index >= 15 is 0 Å². The molecule has 2 atom stereocenters. The lowest BCUT2D eigenvalue weighted by molar-refractivity contribution is -0.116. The zero-order valence-electron chi connectivity index (χ0n) is 18.9. The van der Waals surface area contributed by atoms with Gasteiger partial charge in [0.05, 0.1) is 6.04 Å². The number of rotatable bonds is 6. The molecule has 1 amide bonds. The van der Waals surface area contributed by atoms with E-state index in [0.29, 0.717) is 11.0 Å². The third-order valence-electron chi connectivity index (χ3n) is 5.81. The largest absolute Gasteiger partial charge is 0.486 e. The van der Waals surface area contributed by atoms with Crippen LogP contribution in [0.2, 0.25) is 0 Å². The minimum atomic E-state index is -0.441. The fraction of sp³-hybridized carbons (Fsp3) is 0.192. The third-order valence-corrected chi connectivity index (χ3v) is 7.02. The van der Waals surface area contributed by atoms with Crippen molar-refractivity contribution in [3.05, 3.63) is 101 Å². The summed E-state index contributed by atoms with van der Waals surface area (Å²) in [5.41, 5.74) is 7.57. The number of nitrogens with one attached hydrogen (secondary N) is 2. The molecule has 0 fully saturated rings. The highest BCUT2D eigenvalue weighted by Crippen LogP contribution is 2.37. The van der Waals surface area contributed by atoms with Gasteiger partial charge in [-0.1, -0.05) is 66.4 Å². The number of para-hydroxylation sites is 1.